The molecule has 0 aliphatic rings. The minimum atomic E-state index is 0. The molecule has 2 rings (SSSR count). The van der Waals surface area contributed by atoms with Gasteiger partial charge in [0.05, 0.1) is 0 Å². The van der Waals surface area contributed by atoms with E-state index >= 15 is 0 Å². The van der Waals surface area contributed by atoms with Gasteiger partial charge < -0.3 is 30.3 Å². The van der Waals surface area contributed by atoms with Crippen molar-refractivity contribution in [3.8, 4) is 0 Å². The molecule has 0 fully saturated rings. The molecule has 0 aromatic heterocycles. The number of unbranched alkanes of at least 4 members (excludes halogenated alkanes) is 2. The Morgan fingerprint density at radius 1 is 0.947 bits per heavy atom. The summed E-state index contributed by atoms with van der Waals surface area (Å²) >= 11 is 0. The van der Waals surface area contributed by atoms with Gasteiger partial charge in [0.15, 0.2) is 0 Å². The molecule has 0 unspecified atom stereocenters. The summed E-state index contributed by atoms with van der Waals surface area (Å²) in [6.07, 6.45) is 7.84. The van der Waals surface area contributed by atoms with E-state index in [9.17, 15) is 0 Å². The second-order valence-electron chi connectivity index (χ2n) is 4.75. The molecule has 0 nitrogen and oxygen atoms in total. The molecule has 0 atom stereocenters. The van der Waals surface area contributed by atoms with Gasteiger partial charge in [0, 0.05) is 26.2 Å². The monoisotopic (exact) mass is 332 g/mol. The van der Waals surface area contributed by atoms with Crippen LogP contribution in [0.15, 0.2) is 48.5 Å². The Labute approximate surface area is 138 Å². The molecule has 0 saturated heterocycles. The van der Waals surface area contributed by atoms with Crippen LogP contribution in [0.25, 0.3) is 0 Å². The molecule has 0 saturated carbocycles. The van der Waals surface area contributed by atoms with Crippen LogP contribution in [0.2, 0.25) is 0 Å². The molecule has 108 valence electrons. The van der Waals surface area contributed by atoms with E-state index in [1.165, 1.54) is 38.5 Å². The Kier molecular flexibility index (Phi) is 12.3. The zero-order valence-electron chi connectivity index (χ0n) is 12.4. The van der Waals surface area contributed by atoms with Gasteiger partial charge in [-0.05, 0) is 0 Å². The van der Waals surface area contributed by atoms with Gasteiger partial charge in [-0.3, -0.25) is 0 Å². The summed E-state index contributed by atoms with van der Waals surface area (Å²) < 4.78 is 0. The number of rotatable bonds is 6. The SMILES string of the molecule is CCCCc1ccc[c-]1CCCC.[Zr].[cH-]1[cH-][cH-][cH-][cH-]1. The van der Waals surface area contributed by atoms with E-state index in [0.717, 1.165) is 0 Å². The molecule has 0 heterocycles. The van der Waals surface area contributed by atoms with Crippen LogP contribution in [0.4, 0.5) is 0 Å². The number of hydrogen-bond acceptors (Lipinski definition) is 0. The van der Waals surface area contributed by atoms with Crippen molar-refractivity contribution in [3.63, 3.8) is 0 Å². The third-order valence-electron chi connectivity index (χ3n) is 3.16. The van der Waals surface area contributed by atoms with E-state index in [1.54, 1.807) is 11.1 Å². The average molecular weight is 334 g/mol. The fourth-order valence-electron chi connectivity index (χ4n) is 2.04. The smallest absolute Gasteiger partial charge is 0 e. The van der Waals surface area contributed by atoms with Crippen molar-refractivity contribution in [3.05, 3.63) is 59.7 Å². The molecule has 1 heteroatoms. The van der Waals surface area contributed by atoms with Crippen LogP contribution >= 0.6 is 0 Å². The van der Waals surface area contributed by atoms with E-state index in [1.807, 2.05) is 30.3 Å². The molecular formula is C18H26Zr-6. The summed E-state index contributed by atoms with van der Waals surface area (Å²) in [6, 6.07) is 16.8. The van der Waals surface area contributed by atoms with Crippen LogP contribution in [-0.4, -0.2) is 0 Å². The van der Waals surface area contributed by atoms with Crippen LogP contribution in [0.5, 0.6) is 0 Å². The number of hydrogen-bond donors (Lipinski definition) is 0. The van der Waals surface area contributed by atoms with Crippen molar-refractivity contribution < 1.29 is 26.2 Å². The molecule has 0 bridgehead atoms. The van der Waals surface area contributed by atoms with Gasteiger partial charge in [0.2, 0.25) is 0 Å². The largest absolute Gasteiger partial charge is 0.748 e. The zero-order chi connectivity index (χ0) is 13.1. The summed E-state index contributed by atoms with van der Waals surface area (Å²) in [4.78, 5) is 0. The first-order valence-electron chi connectivity index (χ1n) is 7.28. The average Bonchev–Trinajstić information content (AvgIpc) is 3.07. The molecule has 0 aliphatic carbocycles. The molecule has 0 amide bonds. The molecule has 2 aromatic carbocycles. The Morgan fingerprint density at radius 3 is 2.05 bits per heavy atom. The van der Waals surface area contributed by atoms with Crippen LogP contribution in [0, 0.1) is 0 Å². The Bertz CT molecular complexity index is 330. The van der Waals surface area contributed by atoms with Crippen molar-refractivity contribution in [2.45, 2.75) is 52.4 Å². The van der Waals surface area contributed by atoms with Crippen molar-refractivity contribution in [2.24, 2.45) is 0 Å². The van der Waals surface area contributed by atoms with E-state index in [0.29, 0.717) is 0 Å². The van der Waals surface area contributed by atoms with Crippen LogP contribution in [0.1, 0.15) is 50.7 Å². The third-order valence-corrected chi connectivity index (χ3v) is 3.16. The van der Waals surface area contributed by atoms with Crippen LogP contribution in [-0.2, 0) is 39.0 Å². The molecule has 0 radical (unpaired) electrons. The second kappa shape index (κ2) is 12.6. The Hall–Kier alpha value is -0.417. The molecule has 0 spiro atoms. The first-order valence-corrected chi connectivity index (χ1v) is 7.28. The fraction of sp³-hybridized carbons (Fsp3) is 0.444. The van der Waals surface area contributed by atoms with Gasteiger partial charge >= 0.3 is 0 Å². The number of aryl methyl sites for hydroxylation is 2. The molecule has 19 heavy (non-hydrogen) atoms. The van der Waals surface area contributed by atoms with E-state index < -0.39 is 0 Å². The van der Waals surface area contributed by atoms with Gasteiger partial charge in [-0.25, -0.2) is 12.1 Å². The third kappa shape index (κ3) is 8.37. The van der Waals surface area contributed by atoms with Crippen molar-refractivity contribution in [2.75, 3.05) is 0 Å². The predicted molar refractivity (Wildman–Crippen MR) is 81.3 cm³/mol. The van der Waals surface area contributed by atoms with E-state index in [-0.39, 0.29) is 26.2 Å². The fourth-order valence-corrected chi connectivity index (χ4v) is 2.04. The second-order valence-corrected chi connectivity index (χ2v) is 4.75. The first-order chi connectivity index (χ1) is 8.88. The minimum absolute atomic E-state index is 0. The predicted octanol–water partition coefficient (Wildman–Crippen LogP) is 5.49. The maximum atomic E-state index is 2.29. The summed E-state index contributed by atoms with van der Waals surface area (Å²) in [5, 5.41) is 0. The van der Waals surface area contributed by atoms with Crippen molar-refractivity contribution >= 4 is 0 Å². The summed E-state index contributed by atoms with van der Waals surface area (Å²) in [6.45, 7) is 4.52. The van der Waals surface area contributed by atoms with Gasteiger partial charge in [0.25, 0.3) is 0 Å². The molecular weight excluding hydrogens is 307 g/mol. The summed E-state index contributed by atoms with van der Waals surface area (Å²) in [5.41, 5.74) is 3.19. The van der Waals surface area contributed by atoms with Gasteiger partial charge in [-0.2, -0.15) is 17.2 Å². The van der Waals surface area contributed by atoms with Gasteiger partial charge in [0.1, 0.15) is 0 Å². The minimum Gasteiger partial charge on any atom is -0.748 e. The maximum absolute atomic E-state index is 2.29. The Morgan fingerprint density at radius 2 is 1.53 bits per heavy atom. The first kappa shape index (κ1) is 18.6. The molecule has 2 aromatic rings. The topological polar surface area (TPSA) is 0 Å². The molecule has 0 aliphatic heterocycles. The molecule has 0 N–H and O–H groups in total. The van der Waals surface area contributed by atoms with E-state index in [4.69, 9.17) is 0 Å². The van der Waals surface area contributed by atoms with Crippen LogP contribution < -0.4 is 0 Å². The maximum Gasteiger partial charge on any atom is 0 e. The van der Waals surface area contributed by atoms with Crippen LogP contribution in [0.3, 0.4) is 0 Å². The van der Waals surface area contributed by atoms with Crippen molar-refractivity contribution in [1.82, 2.24) is 0 Å². The zero-order valence-corrected chi connectivity index (χ0v) is 14.8. The Balaban J connectivity index is 0.000000454. The van der Waals surface area contributed by atoms with Gasteiger partial charge in [-0.15, -0.1) is 0 Å². The standard InChI is InChI=1S/C13H21.C5H5.Zr/c1-3-5-8-12-10-7-11-13(12)9-6-4-2;1-2-4-5-3-1;/h7,10-11H,3-6,8-9H2,1-2H3;1-5H;/q-1;-5;. The van der Waals surface area contributed by atoms with Crippen molar-refractivity contribution in [1.29, 1.82) is 0 Å². The summed E-state index contributed by atoms with van der Waals surface area (Å²) in [5.74, 6) is 0. The quantitative estimate of drug-likeness (QED) is 0.613. The van der Waals surface area contributed by atoms with E-state index in [2.05, 4.69) is 32.0 Å². The van der Waals surface area contributed by atoms with Gasteiger partial charge in [-0.1, -0.05) is 52.4 Å². The summed E-state index contributed by atoms with van der Waals surface area (Å²) in [7, 11) is 0. The normalized spacial score (nSPS) is 9.37.